The fourth-order valence-electron chi connectivity index (χ4n) is 13.0. The minimum Gasteiger partial charge on any atom is -0.391 e. The molecule has 3 fully saturated rings. The second-order valence-electron chi connectivity index (χ2n) is 23.8. The van der Waals surface area contributed by atoms with Crippen molar-refractivity contribution >= 4 is 81.4 Å². The number of halogens is 3. The van der Waals surface area contributed by atoms with E-state index in [4.69, 9.17) is 23.2 Å². The number of hydrogen-bond acceptors (Lipinski definition) is 10. The number of aliphatic hydroxyl groups is 1. The molecule has 15 nitrogen and oxygen atoms in total. The molecule has 0 bridgehead atoms. The largest absolute Gasteiger partial charge is 0.391 e. The molecule has 82 heavy (non-hydrogen) atoms. The fourth-order valence-corrected chi connectivity index (χ4v) is 14.2. The van der Waals surface area contributed by atoms with Gasteiger partial charge in [-0.2, -0.15) is 0 Å². The van der Waals surface area contributed by atoms with Crippen LogP contribution < -0.4 is 31.9 Å². The van der Waals surface area contributed by atoms with Gasteiger partial charge in [0.2, 0.25) is 29.5 Å². The van der Waals surface area contributed by atoms with E-state index < -0.39 is 64.1 Å². The Morgan fingerprint density at radius 2 is 1.57 bits per heavy atom. The highest BCUT2D eigenvalue weighted by Crippen LogP contribution is 2.63. The molecular weight excluding hydrogens is 1100 g/mol. The Morgan fingerprint density at radius 1 is 0.878 bits per heavy atom. The molecule has 4 aromatic carbocycles. The van der Waals surface area contributed by atoms with Crippen molar-refractivity contribution in [3.8, 4) is 10.4 Å². The van der Waals surface area contributed by atoms with Gasteiger partial charge in [-0.25, -0.2) is 9.37 Å². The lowest BCUT2D eigenvalue weighted by Gasteiger charge is -2.47. The highest BCUT2D eigenvalue weighted by Gasteiger charge is 2.72. The molecule has 1 aliphatic carbocycles. The zero-order valence-electron chi connectivity index (χ0n) is 47.3. The van der Waals surface area contributed by atoms with Crippen LogP contribution in [0.25, 0.3) is 10.4 Å². The van der Waals surface area contributed by atoms with Crippen molar-refractivity contribution in [3.63, 3.8) is 0 Å². The van der Waals surface area contributed by atoms with Crippen LogP contribution in [0.2, 0.25) is 10.0 Å². The van der Waals surface area contributed by atoms with Gasteiger partial charge < -0.3 is 36.6 Å². The lowest BCUT2D eigenvalue weighted by atomic mass is 9.55. The van der Waals surface area contributed by atoms with Crippen molar-refractivity contribution in [2.75, 3.05) is 23.7 Å². The molecule has 1 saturated carbocycles. The molecule has 6 amide bonds. The predicted molar refractivity (Wildman–Crippen MR) is 319 cm³/mol. The van der Waals surface area contributed by atoms with Gasteiger partial charge >= 0.3 is 0 Å². The molecule has 4 heterocycles. The first-order valence-corrected chi connectivity index (χ1v) is 30.5. The van der Waals surface area contributed by atoms with Gasteiger partial charge in [0, 0.05) is 59.3 Å². The summed E-state index contributed by atoms with van der Waals surface area (Å²) in [4.78, 5) is 90.5. The highest BCUT2D eigenvalue weighted by molar-refractivity contribution is 7.13. The molecular formula is C63H75Cl2FN8O7S. The summed E-state index contributed by atoms with van der Waals surface area (Å²) in [6, 6.07) is 21.3. The van der Waals surface area contributed by atoms with Crippen LogP contribution in [0.1, 0.15) is 162 Å². The van der Waals surface area contributed by atoms with E-state index in [1.807, 2.05) is 70.5 Å². The molecule has 4 aliphatic rings. The van der Waals surface area contributed by atoms with Crippen molar-refractivity contribution in [3.05, 3.63) is 134 Å². The van der Waals surface area contributed by atoms with Gasteiger partial charge in [-0.15, -0.1) is 11.3 Å². The Hall–Kier alpha value is -6.24. The lowest BCUT2D eigenvalue weighted by molar-refractivity contribution is -0.144. The van der Waals surface area contributed by atoms with Gasteiger partial charge in [0.05, 0.1) is 39.3 Å². The Morgan fingerprint density at radius 3 is 2.26 bits per heavy atom. The topological polar surface area (TPSA) is 211 Å². The first-order chi connectivity index (χ1) is 39.2. The number of carbonyl (C=O) groups is 6. The third-order valence-corrected chi connectivity index (χ3v) is 18.7. The summed E-state index contributed by atoms with van der Waals surface area (Å²) in [6.45, 7) is 9.96. The quantitative estimate of drug-likeness (QED) is 0.0369. The maximum Gasteiger partial charge on any atom is 0.251 e. The van der Waals surface area contributed by atoms with Gasteiger partial charge in [0.15, 0.2) is 0 Å². The number of β-amino-alcohol motifs (C(OH)–C–C–N with tert-alkyl or cyclic N) is 1. The van der Waals surface area contributed by atoms with Crippen LogP contribution >= 0.6 is 34.5 Å². The number of carbonyl (C=O) groups excluding carboxylic acids is 6. The molecule has 1 aromatic heterocycles. The number of aromatic nitrogens is 1. The van der Waals surface area contributed by atoms with E-state index in [1.165, 1.54) is 11.0 Å². The van der Waals surface area contributed by atoms with Crippen LogP contribution in [0.4, 0.5) is 15.8 Å². The van der Waals surface area contributed by atoms with Crippen LogP contribution in [0, 0.1) is 18.2 Å². The normalized spacial score (nSPS) is 21.7. The van der Waals surface area contributed by atoms with Crippen LogP contribution in [0.5, 0.6) is 0 Å². The summed E-state index contributed by atoms with van der Waals surface area (Å²) < 4.78 is 16.3. The van der Waals surface area contributed by atoms with Gasteiger partial charge in [-0.1, -0.05) is 138 Å². The Kier molecular flexibility index (Phi) is 18.9. The SMILES string of the molecule is Cc1ncsc1-c1ccc([C@H](C)NC(=O)[C@@H]2C[C@@H](O)CN2C(=O)C(NC(=O)CCCCCCCCCNC(=O)c2ccc(NC(=O)[C@@H]3NC4(CCCCC4)[C@@]4(C(=O)Nc5cc(Cl)ccc54)[C@H]3c3cccc(Cl)c3F)cc2)C(C)(C)C)cc1. The van der Waals surface area contributed by atoms with Gasteiger partial charge in [-0.05, 0) is 110 Å². The van der Waals surface area contributed by atoms with Crippen LogP contribution in [0.15, 0.2) is 90.4 Å². The maximum absolute atomic E-state index is 16.3. The number of rotatable bonds is 20. The molecule has 9 rings (SSSR count). The van der Waals surface area contributed by atoms with Crippen LogP contribution in [0.3, 0.4) is 0 Å². The van der Waals surface area contributed by atoms with Crippen molar-refractivity contribution in [2.24, 2.45) is 5.41 Å². The number of aliphatic hydroxyl groups excluding tert-OH is 1. The number of thiazole rings is 1. The smallest absolute Gasteiger partial charge is 0.251 e. The Labute approximate surface area is 493 Å². The van der Waals surface area contributed by atoms with Crippen LogP contribution in [-0.4, -0.2) is 93.3 Å². The van der Waals surface area contributed by atoms with Crippen molar-refractivity contribution < 1.29 is 38.3 Å². The summed E-state index contributed by atoms with van der Waals surface area (Å²) >= 11 is 14.4. The van der Waals surface area contributed by atoms with E-state index in [1.54, 1.807) is 59.9 Å². The number of likely N-dealkylation sites (tertiary alicyclic amines) is 1. The molecule has 1 unspecified atom stereocenters. The van der Waals surface area contributed by atoms with Crippen molar-refractivity contribution in [2.45, 2.75) is 172 Å². The van der Waals surface area contributed by atoms with Gasteiger partial charge in [0.25, 0.3) is 5.91 Å². The third kappa shape index (κ3) is 12.6. The monoisotopic (exact) mass is 1180 g/mol. The molecule has 7 N–H and O–H groups in total. The number of fused-ring (bicyclic) bond motifs is 3. The summed E-state index contributed by atoms with van der Waals surface area (Å²) in [7, 11) is 0. The number of benzene rings is 4. The average molecular weight is 1180 g/mol. The molecule has 0 radical (unpaired) electrons. The fraction of sp³-hybridized carbons (Fsp3) is 0.476. The Bertz CT molecular complexity index is 3170. The number of amides is 6. The molecule has 3 aliphatic heterocycles. The number of hydrogen-bond donors (Lipinski definition) is 7. The first kappa shape index (κ1) is 60.4. The molecule has 2 spiro atoms. The van der Waals surface area contributed by atoms with E-state index in [0.717, 1.165) is 79.5 Å². The molecule has 19 heteroatoms. The predicted octanol–water partition coefficient (Wildman–Crippen LogP) is 11.1. The average Bonchev–Trinajstić information content (AvgIpc) is 1.62. The second kappa shape index (κ2) is 25.7. The van der Waals surface area contributed by atoms with Crippen molar-refractivity contribution in [1.29, 1.82) is 0 Å². The number of anilines is 2. The number of aryl methyl sites for hydroxylation is 1. The zero-order chi connectivity index (χ0) is 58.5. The van der Waals surface area contributed by atoms with E-state index in [-0.39, 0.29) is 59.6 Å². The first-order valence-electron chi connectivity index (χ1n) is 28.8. The van der Waals surface area contributed by atoms with E-state index >= 15 is 4.39 Å². The minimum atomic E-state index is -1.36. The van der Waals surface area contributed by atoms with Crippen molar-refractivity contribution in [1.82, 2.24) is 31.2 Å². The summed E-state index contributed by atoms with van der Waals surface area (Å²) in [6.07, 6.45) is 9.29. The third-order valence-electron chi connectivity index (χ3n) is 17.1. The Balaban J connectivity index is 0.701. The summed E-state index contributed by atoms with van der Waals surface area (Å²) in [5, 5.41) is 29.7. The van der Waals surface area contributed by atoms with Crippen LogP contribution in [-0.2, 0) is 29.4 Å². The molecule has 7 atom stereocenters. The van der Waals surface area contributed by atoms with E-state index in [0.29, 0.717) is 53.3 Å². The molecule has 436 valence electrons. The van der Waals surface area contributed by atoms with Gasteiger partial charge in [-0.3, -0.25) is 34.1 Å². The number of nitrogens with zero attached hydrogens (tertiary/aromatic N) is 2. The highest BCUT2D eigenvalue weighted by atomic mass is 35.5. The molecule has 2 saturated heterocycles. The number of nitrogens with one attached hydrogen (secondary N) is 6. The summed E-state index contributed by atoms with van der Waals surface area (Å²) in [5.41, 5.74) is 4.04. The molecule has 5 aromatic rings. The zero-order valence-corrected chi connectivity index (χ0v) is 49.6. The maximum atomic E-state index is 16.3. The second-order valence-corrected chi connectivity index (χ2v) is 25.5. The lowest BCUT2D eigenvalue weighted by Crippen LogP contribution is -2.60. The summed E-state index contributed by atoms with van der Waals surface area (Å²) in [5.74, 6) is -3.68. The van der Waals surface area contributed by atoms with E-state index in [2.05, 4.69) is 36.9 Å². The van der Waals surface area contributed by atoms with Gasteiger partial charge in [0.1, 0.15) is 23.3 Å². The van der Waals surface area contributed by atoms with E-state index in [9.17, 15) is 33.9 Å². The minimum absolute atomic E-state index is 0.00143. The standard InChI is InChI=1S/C63H75Cl2FN8O7S/c1-37(39-20-22-40(23-21-39)54-38(2)68-36-82-54)69-57(78)49-34-44(75)35-74(49)59(80)55(61(3,4)5)72-50(76)19-12-9-7-6-8-10-15-32-67-56(77)41-24-27-43(28-25-41)70-58(79)53-51(45-17-16-18-47(65)52(45)66)63(62(73-53)30-13-11-14-31-62)46-29-26-42(64)33-48(46)71-60(63)81/h16-18,20-29,33,36-37,44,49,51,53,55,73,75H,6-15,19,30-32,34-35H2,1-5H3,(H,67,77)(H,69,78)(H,70,79)(H,71,81)(H,72,76)/t37-,44+,49-,51-,53+,55?,63+/m0/s1. The number of unbranched alkanes of at least 4 members (excludes halogenated alkanes) is 6.